The number of methoxy groups -OCH3 is 3. The van der Waals surface area contributed by atoms with Gasteiger partial charge in [-0.15, -0.1) is 0 Å². The van der Waals surface area contributed by atoms with Gasteiger partial charge in [-0.25, -0.2) is 4.99 Å². The van der Waals surface area contributed by atoms with Crippen LogP contribution in [0.1, 0.15) is 18.1 Å². The average Bonchev–Trinajstić information content (AvgIpc) is 2.70. The van der Waals surface area contributed by atoms with Gasteiger partial charge in [-0.1, -0.05) is 0 Å². The summed E-state index contributed by atoms with van der Waals surface area (Å²) in [6.45, 7) is 3.56. The zero-order chi connectivity index (χ0) is 19.6. The minimum absolute atomic E-state index is 0.187. The Morgan fingerprint density at radius 3 is 2.30 bits per heavy atom. The number of guanidine groups is 1. The van der Waals surface area contributed by atoms with Gasteiger partial charge in [0.25, 0.3) is 0 Å². The van der Waals surface area contributed by atoms with E-state index in [1.54, 1.807) is 39.5 Å². The molecule has 2 aromatic rings. The van der Waals surface area contributed by atoms with Crippen LogP contribution >= 0.6 is 0 Å². The van der Waals surface area contributed by atoms with E-state index >= 15 is 0 Å². The van der Waals surface area contributed by atoms with E-state index in [0.717, 1.165) is 23.6 Å². The van der Waals surface area contributed by atoms with Crippen molar-refractivity contribution in [2.24, 2.45) is 4.99 Å². The molecule has 7 heteroatoms. The highest BCUT2D eigenvalue weighted by molar-refractivity contribution is 5.79. The summed E-state index contributed by atoms with van der Waals surface area (Å²) in [5.41, 5.74) is 1.67. The summed E-state index contributed by atoms with van der Waals surface area (Å²) < 4.78 is 15.8. The van der Waals surface area contributed by atoms with E-state index in [9.17, 15) is 5.11 Å². The fourth-order valence-electron chi connectivity index (χ4n) is 2.50. The molecule has 0 heterocycles. The van der Waals surface area contributed by atoms with Crippen LogP contribution < -0.4 is 24.8 Å². The molecule has 0 amide bonds. The third-order valence-corrected chi connectivity index (χ3v) is 3.98. The lowest BCUT2D eigenvalue weighted by molar-refractivity contribution is 0.390. The highest BCUT2D eigenvalue weighted by Gasteiger charge is 2.07. The van der Waals surface area contributed by atoms with Crippen LogP contribution in [0.3, 0.4) is 0 Å². The predicted molar refractivity (Wildman–Crippen MR) is 106 cm³/mol. The van der Waals surface area contributed by atoms with Gasteiger partial charge in [-0.3, -0.25) is 0 Å². The van der Waals surface area contributed by atoms with E-state index < -0.39 is 0 Å². The Morgan fingerprint density at radius 1 is 0.926 bits per heavy atom. The second kappa shape index (κ2) is 10.2. The SMILES string of the molecule is CCNC(=NCc1cc(OC)ccc1O)NCc1ccc(OC)cc1OC. The highest BCUT2D eigenvalue weighted by Crippen LogP contribution is 2.25. The minimum Gasteiger partial charge on any atom is -0.508 e. The van der Waals surface area contributed by atoms with Crippen LogP contribution in [0.4, 0.5) is 0 Å². The predicted octanol–water partition coefficient (Wildman–Crippen LogP) is 2.67. The molecule has 0 bridgehead atoms. The Kier molecular flexibility index (Phi) is 7.61. The van der Waals surface area contributed by atoms with Crippen LogP contribution in [0.15, 0.2) is 41.4 Å². The summed E-state index contributed by atoms with van der Waals surface area (Å²) in [6, 6.07) is 10.8. The van der Waals surface area contributed by atoms with Crippen LogP contribution in [0.2, 0.25) is 0 Å². The number of hydrogen-bond donors (Lipinski definition) is 3. The molecular weight excluding hydrogens is 346 g/mol. The van der Waals surface area contributed by atoms with Crippen molar-refractivity contribution in [3.05, 3.63) is 47.5 Å². The van der Waals surface area contributed by atoms with Crippen LogP contribution in [0.5, 0.6) is 23.0 Å². The van der Waals surface area contributed by atoms with Crippen LogP contribution in [0.25, 0.3) is 0 Å². The molecule has 0 aliphatic carbocycles. The molecule has 0 atom stereocenters. The van der Waals surface area contributed by atoms with Crippen LogP contribution in [-0.2, 0) is 13.1 Å². The van der Waals surface area contributed by atoms with E-state index in [1.165, 1.54) is 0 Å². The second-order valence-corrected chi connectivity index (χ2v) is 5.72. The fourth-order valence-corrected chi connectivity index (χ4v) is 2.50. The van der Waals surface area contributed by atoms with Gasteiger partial charge in [0.15, 0.2) is 5.96 Å². The molecule has 0 radical (unpaired) electrons. The number of phenolic OH excluding ortho intramolecular Hbond substituents is 1. The van der Waals surface area contributed by atoms with Crippen molar-refractivity contribution >= 4 is 5.96 Å². The largest absolute Gasteiger partial charge is 0.508 e. The molecule has 0 saturated carbocycles. The van der Waals surface area contributed by atoms with Crippen molar-refractivity contribution in [2.45, 2.75) is 20.0 Å². The molecule has 0 unspecified atom stereocenters. The maximum atomic E-state index is 10.0. The van der Waals surface area contributed by atoms with Crippen LogP contribution in [0, 0.1) is 0 Å². The van der Waals surface area contributed by atoms with Crippen molar-refractivity contribution < 1.29 is 19.3 Å². The highest BCUT2D eigenvalue weighted by atomic mass is 16.5. The molecule has 7 nitrogen and oxygen atoms in total. The Labute approximate surface area is 160 Å². The third kappa shape index (κ3) is 5.70. The molecule has 0 aromatic heterocycles. The Bertz CT molecular complexity index is 778. The molecule has 2 rings (SSSR count). The first kappa shape index (κ1) is 20.2. The van der Waals surface area contributed by atoms with E-state index in [4.69, 9.17) is 14.2 Å². The summed E-state index contributed by atoms with van der Waals surface area (Å²) in [6.07, 6.45) is 0. The molecule has 146 valence electrons. The van der Waals surface area contributed by atoms with Crippen molar-refractivity contribution in [1.82, 2.24) is 10.6 Å². The standard InChI is InChI=1S/C20H27N3O4/c1-5-21-20(23-13-15-10-16(25-2)8-9-18(15)24)22-12-14-6-7-17(26-3)11-19(14)27-4/h6-11,24H,5,12-13H2,1-4H3,(H2,21,22,23). The van der Waals surface area contributed by atoms with Crippen molar-refractivity contribution in [3.63, 3.8) is 0 Å². The number of nitrogens with zero attached hydrogens (tertiary/aromatic N) is 1. The van der Waals surface area contributed by atoms with Crippen molar-refractivity contribution in [1.29, 1.82) is 0 Å². The van der Waals surface area contributed by atoms with E-state index in [1.807, 2.05) is 25.1 Å². The number of phenols is 1. The molecule has 0 aliphatic heterocycles. The number of nitrogens with one attached hydrogen (secondary N) is 2. The Hall–Kier alpha value is -3.09. The summed E-state index contributed by atoms with van der Waals surface area (Å²) in [5, 5.41) is 16.5. The Balaban J connectivity index is 2.10. The number of hydrogen-bond acceptors (Lipinski definition) is 5. The van der Waals surface area contributed by atoms with E-state index in [2.05, 4.69) is 15.6 Å². The maximum absolute atomic E-state index is 10.0. The number of ether oxygens (including phenoxy) is 3. The zero-order valence-corrected chi connectivity index (χ0v) is 16.2. The molecule has 0 spiro atoms. The van der Waals surface area contributed by atoms with Gasteiger partial charge in [0.05, 0.1) is 27.9 Å². The molecule has 3 N–H and O–H groups in total. The van der Waals surface area contributed by atoms with E-state index in [-0.39, 0.29) is 5.75 Å². The lowest BCUT2D eigenvalue weighted by Gasteiger charge is -2.14. The van der Waals surface area contributed by atoms with Crippen LogP contribution in [-0.4, -0.2) is 38.9 Å². The molecule has 0 saturated heterocycles. The monoisotopic (exact) mass is 373 g/mol. The summed E-state index contributed by atoms with van der Waals surface area (Å²) >= 11 is 0. The molecular formula is C20H27N3O4. The van der Waals surface area contributed by atoms with E-state index in [0.29, 0.717) is 30.4 Å². The van der Waals surface area contributed by atoms with Gasteiger partial charge >= 0.3 is 0 Å². The number of benzene rings is 2. The van der Waals surface area contributed by atoms with Gasteiger partial charge in [-0.2, -0.15) is 0 Å². The normalized spacial score (nSPS) is 11.0. The zero-order valence-electron chi connectivity index (χ0n) is 16.2. The lowest BCUT2D eigenvalue weighted by Crippen LogP contribution is -2.36. The third-order valence-electron chi connectivity index (χ3n) is 3.98. The summed E-state index contributed by atoms with van der Waals surface area (Å²) in [5.74, 6) is 2.98. The van der Waals surface area contributed by atoms with Gasteiger partial charge in [0.1, 0.15) is 23.0 Å². The quantitative estimate of drug-likeness (QED) is 0.487. The van der Waals surface area contributed by atoms with Gasteiger partial charge in [-0.05, 0) is 37.3 Å². The first-order chi connectivity index (χ1) is 13.1. The molecule has 0 fully saturated rings. The topological polar surface area (TPSA) is 84.3 Å². The van der Waals surface area contributed by atoms with Gasteiger partial charge in [0, 0.05) is 30.3 Å². The van der Waals surface area contributed by atoms with Crippen molar-refractivity contribution in [3.8, 4) is 23.0 Å². The maximum Gasteiger partial charge on any atom is 0.191 e. The average molecular weight is 373 g/mol. The first-order valence-corrected chi connectivity index (χ1v) is 8.70. The fraction of sp³-hybridized carbons (Fsp3) is 0.350. The molecule has 2 aromatic carbocycles. The lowest BCUT2D eigenvalue weighted by atomic mass is 10.2. The number of aromatic hydroxyl groups is 1. The number of rotatable bonds is 8. The first-order valence-electron chi connectivity index (χ1n) is 8.70. The summed E-state index contributed by atoms with van der Waals surface area (Å²) in [7, 11) is 4.84. The summed E-state index contributed by atoms with van der Waals surface area (Å²) in [4.78, 5) is 4.54. The number of aliphatic imine (C=N–C) groups is 1. The van der Waals surface area contributed by atoms with Gasteiger partial charge < -0.3 is 30.0 Å². The second-order valence-electron chi connectivity index (χ2n) is 5.72. The smallest absolute Gasteiger partial charge is 0.191 e. The minimum atomic E-state index is 0.187. The Morgan fingerprint density at radius 2 is 1.63 bits per heavy atom. The van der Waals surface area contributed by atoms with Gasteiger partial charge in [0.2, 0.25) is 0 Å². The molecule has 0 aliphatic rings. The molecule has 27 heavy (non-hydrogen) atoms. The van der Waals surface area contributed by atoms with Crippen molar-refractivity contribution in [2.75, 3.05) is 27.9 Å².